The Morgan fingerprint density at radius 2 is 2.25 bits per heavy atom. The van der Waals surface area contributed by atoms with Crippen LogP contribution in [0.5, 0.6) is 0 Å². The van der Waals surface area contributed by atoms with Gasteiger partial charge in [0.25, 0.3) is 0 Å². The Bertz CT molecular complexity index is 741. The van der Waals surface area contributed by atoms with Crippen molar-refractivity contribution in [1.29, 1.82) is 0 Å². The van der Waals surface area contributed by atoms with E-state index in [1.54, 1.807) is 0 Å². The van der Waals surface area contributed by atoms with E-state index in [1.807, 2.05) is 18.5 Å². The highest BCUT2D eigenvalue weighted by Crippen LogP contribution is 2.26. The number of pyridine rings is 1. The molecule has 3 heterocycles. The number of hydrogen-bond donors (Lipinski definition) is 1. The maximum Gasteiger partial charge on any atom is 0.231 e. The first-order chi connectivity index (χ1) is 11.7. The van der Waals surface area contributed by atoms with Crippen LogP contribution in [0.15, 0.2) is 18.5 Å². The number of carbonyl (C=O) groups is 1. The number of fused-ring (bicyclic) bond motifs is 2. The molecule has 1 aliphatic heterocycles. The van der Waals surface area contributed by atoms with Crippen LogP contribution < -0.4 is 5.32 Å². The topological polar surface area (TPSA) is 59.8 Å². The number of aryl methyl sites for hydroxylation is 3. The van der Waals surface area contributed by atoms with Crippen LogP contribution >= 0.6 is 0 Å². The van der Waals surface area contributed by atoms with E-state index in [0.29, 0.717) is 12.2 Å². The van der Waals surface area contributed by atoms with Crippen LogP contribution in [0, 0.1) is 5.92 Å². The number of amides is 1. The summed E-state index contributed by atoms with van der Waals surface area (Å²) < 4.78 is 2.18. The zero-order valence-electron chi connectivity index (χ0n) is 14.2. The lowest BCUT2D eigenvalue weighted by atomic mass is 9.86. The van der Waals surface area contributed by atoms with Crippen molar-refractivity contribution in [2.45, 2.75) is 58.4 Å². The summed E-state index contributed by atoms with van der Waals surface area (Å²) in [5.74, 6) is 2.47. The number of aromatic nitrogens is 3. The van der Waals surface area contributed by atoms with Crippen LogP contribution in [0.3, 0.4) is 0 Å². The number of carbonyl (C=O) groups excluding carboxylic acids is 1. The Hall–Kier alpha value is -2.17. The predicted octanol–water partition coefficient (Wildman–Crippen LogP) is 2.92. The number of anilines is 1. The van der Waals surface area contributed by atoms with Crippen molar-refractivity contribution < 1.29 is 4.79 Å². The van der Waals surface area contributed by atoms with Gasteiger partial charge in [-0.2, -0.15) is 0 Å². The minimum Gasteiger partial charge on any atom is -0.335 e. The highest BCUT2D eigenvalue weighted by atomic mass is 16.1. The first-order valence-corrected chi connectivity index (χ1v) is 9.00. The van der Waals surface area contributed by atoms with Crippen LogP contribution in [0.1, 0.15) is 48.8 Å². The highest BCUT2D eigenvalue weighted by Gasteiger charge is 2.17. The predicted molar refractivity (Wildman–Crippen MR) is 92.9 cm³/mol. The zero-order chi connectivity index (χ0) is 16.5. The zero-order valence-corrected chi connectivity index (χ0v) is 14.2. The van der Waals surface area contributed by atoms with E-state index in [-0.39, 0.29) is 5.91 Å². The molecule has 0 radical (unpaired) electrons. The third kappa shape index (κ3) is 3.21. The number of imidazole rings is 1. The van der Waals surface area contributed by atoms with Gasteiger partial charge >= 0.3 is 0 Å². The van der Waals surface area contributed by atoms with E-state index in [2.05, 4.69) is 26.8 Å². The number of nitrogens with zero attached hydrogens (tertiary/aromatic N) is 3. The Balaban J connectivity index is 1.42. The molecule has 5 heteroatoms. The Kier molecular flexibility index (Phi) is 4.08. The van der Waals surface area contributed by atoms with Gasteiger partial charge in [-0.15, -0.1) is 0 Å². The maximum absolute atomic E-state index is 12.3. The van der Waals surface area contributed by atoms with Crippen LogP contribution in [-0.2, 0) is 37.0 Å². The maximum atomic E-state index is 12.3. The van der Waals surface area contributed by atoms with Gasteiger partial charge in [-0.05, 0) is 55.2 Å². The van der Waals surface area contributed by atoms with Gasteiger partial charge in [-0.1, -0.05) is 6.92 Å². The van der Waals surface area contributed by atoms with Crippen LogP contribution in [0.2, 0.25) is 0 Å². The van der Waals surface area contributed by atoms with Crippen LogP contribution in [-0.4, -0.2) is 20.4 Å². The van der Waals surface area contributed by atoms with E-state index in [4.69, 9.17) is 0 Å². The van der Waals surface area contributed by atoms with E-state index in [0.717, 1.165) is 43.2 Å². The summed E-state index contributed by atoms with van der Waals surface area (Å²) in [7, 11) is 0. The smallest absolute Gasteiger partial charge is 0.231 e. The molecule has 0 saturated heterocycles. The Morgan fingerprint density at radius 1 is 1.33 bits per heavy atom. The second-order valence-electron chi connectivity index (χ2n) is 7.21. The summed E-state index contributed by atoms with van der Waals surface area (Å²) in [4.78, 5) is 21.3. The van der Waals surface area contributed by atoms with E-state index in [1.165, 1.54) is 30.4 Å². The average molecular weight is 324 g/mol. The van der Waals surface area contributed by atoms with Crippen molar-refractivity contribution in [2.24, 2.45) is 5.92 Å². The molecule has 1 N–H and O–H groups in total. The van der Waals surface area contributed by atoms with Crippen LogP contribution in [0.25, 0.3) is 0 Å². The summed E-state index contributed by atoms with van der Waals surface area (Å²) in [6.45, 7) is 3.30. The lowest BCUT2D eigenvalue weighted by Crippen LogP contribution is -2.17. The third-order valence-electron chi connectivity index (χ3n) is 5.13. The molecule has 24 heavy (non-hydrogen) atoms. The average Bonchev–Trinajstić information content (AvgIpc) is 2.97. The molecule has 0 spiro atoms. The highest BCUT2D eigenvalue weighted by molar-refractivity contribution is 5.91. The first-order valence-electron chi connectivity index (χ1n) is 9.00. The lowest BCUT2D eigenvalue weighted by molar-refractivity contribution is -0.115. The second kappa shape index (κ2) is 6.38. The third-order valence-corrected chi connectivity index (χ3v) is 5.13. The summed E-state index contributed by atoms with van der Waals surface area (Å²) in [6, 6.07) is 2.04. The van der Waals surface area contributed by atoms with Gasteiger partial charge < -0.3 is 9.88 Å². The van der Waals surface area contributed by atoms with E-state index in [9.17, 15) is 4.79 Å². The van der Waals surface area contributed by atoms with Gasteiger partial charge in [0, 0.05) is 25.4 Å². The van der Waals surface area contributed by atoms with Gasteiger partial charge in [0.1, 0.15) is 11.6 Å². The molecular formula is C19H24N4O. The summed E-state index contributed by atoms with van der Waals surface area (Å²) in [6.07, 6.45) is 11.1. The molecule has 0 aromatic carbocycles. The molecule has 1 unspecified atom stereocenters. The molecule has 2 aliphatic rings. The largest absolute Gasteiger partial charge is 0.335 e. The van der Waals surface area contributed by atoms with Crippen molar-refractivity contribution in [3.05, 3.63) is 41.1 Å². The second-order valence-corrected chi connectivity index (χ2v) is 7.21. The summed E-state index contributed by atoms with van der Waals surface area (Å²) in [5.41, 5.74) is 3.51. The molecular weight excluding hydrogens is 300 g/mol. The van der Waals surface area contributed by atoms with Crippen LogP contribution in [0.4, 0.5) is 5.82 Å². The fourth-order valence-electron chi connectivity index (χ4n) is 3.80. The summed E-state index contributed by atoms with van der Waals surface area (Å²) >= 11 is 0. The molecule has 2 aromatic rings. The molecule has 0 saturated carbocycles. The van der Waals surface area contributed by atoms with Crippen molar-refractivity contribution >= 4 is 11.7 Å². The lowest BCUT2D eigenvalue weighted by Gasteiger charge is -2.21. The van der Waals surface area contributed by atoms with Gasteiger partial charge in [0.05, 0.1) is 12.1 Å². The molecule has 126 valence electrons. The normalized spacial score (nSPS) is 19.5. The van der Waals surface area contributed by atoms with Crippen molar-refractivity contribution in [2.75, 3.05) is 5.32 Å². The van der Waals surface area contributed by atoms with Crippen molar-refractivity contribution in [3.63, 3.8) is 0 Å². The number of nitrogens with one attached hydrogen (secondary N) is 1. The van der Waals surface area contributed by atoms with E-state index < -0.39 is 0 Å². The number of rotatable bonds is 3. The molecule has 1 aliphatic carbocycles. The van der Waals surface area contributed by atoms with Gasteiger partial charge in [-0.25, -0.2) is 9.97 Å². The fourth-order valence-corrected chi connectivity index (χ4v) is 3.80. The Labute approximate surface area is 142 Å². The SMILES string of the molecule is CC1CCc2cc(NC(=O)Cc3cn4c(n3)CCCC4)ncc2C1. The molecule has 1 amide bonds. The number of hydrogen-bond acceptors (Lipinski definition) is 3. The molecule has 2 aromatic heterocycles. The monoisotopic (exact) mass is 324 g/mol. The fraction of sp³-hybridized carbons (Fsp3) is 0.526. The molecule has 1 atom stereocenters. The minimum atomic E-state index is -0.0397. The first kappa shape index (κ1) is 15.4. The minimum absolute atomic E-state index is 0.0397. The molecule has 4 rings (SSSR count). The summed E-state index contributed by atoms with van der Waals surface area (Å²) in [5, 5.41) is 2.93. The van der Waals surface area contributed by atoms with Crippen molar-refractivity contribution in [3.8, 4) is 0 Å². The van der Waals surface area contributed by atoms with Gasteiger partial charge in [-0.3, -0.25) is 4.79 Å². The molecule has 0 bridgehead atoms. The standard InChI is InChI=1S/C19H24N4O/c1-13-5-6-14-9-17(20-11-15(14)8-13)22-19(24)10-16-12-23-7-3-2-4-18(23)21-16/h9,11-13H,2-8,10H2,1H3,(H,20,22,24). The molecule has 5 nitrogen and oxygen atoms in total. The quantitative estimate of drug-likeness (QED) is 0.944. The Morgan fingerprint density at radius 3 is 3.12 bits per heavy atom. The van der Waals surface area contributed by atoms with Gasteiger partial charge in [0.2, 0.25) is 5.91 Å². The van der Waals surface area contributed by atoms with E-state index >= 15 is 0 Å². The van der Waals surface area contributed by atoms with Crippen molar-refractivity contribution in [1.82, 2.24) is 14.5 Å². The van der Waals surface area contributed by atoms with Gasteiger partial charge in [0.15, 0.2) is 0 Å². The molecule has 0 fully saturated rings.